The monoisotopic (exact) mass is 302 g/mol. The number of rotatable bonds is 7. The lowest BCUT2D eigenvalue weighted by atomic mass is 9.95. The average molecular weight is 302 g/mol. The maximum Gasteiger partial charge on any atom is 0.307 e. The van der Waals surface area contributed by atoms with E-state index >= 15 is 0 Å². The van der Waals surface area contributed by atoms with Crippen molar-refractivity contribution in [3.8, 4) is 11.3 Å². The van der Waals surface area contributed by atoms with Gasteiger partial charge in [0.2, 0.25) is 0 Å². The highest BCUT2D eigenvalue weighted by Gasteiger charge is 2.21. The molecule has 0 aliphatic rings. The van der Waals surface area contributed by atoms with Crippen molar-refractivity contribution in [1.82, 2.24) is 0 Å². The molecule has 0 spiro atoms. The molecule has 114 valence electrons. The standard InChI is InChI=1S/C16H14O6/c17-9-13-5-6-14(22-13)11-3-1-10(2-4-11)7-12(16(20)21)8-15(18)19/h1-6,9,12H,7-8H2,(H,18,19)(H,20,21). The summed E-state index contributed by atoms with van der Waals surface area (Å²) in [6.45, 7) is 0. The van der Waals surface area contributed by atoms with E-state index in [0.717, 1.165) is 11.1 Å². The lowest BCUT2D eigenvalue weighted by molar-refractivity contribution is -0.148. The van der Waals surface area contributed by atoms with E-state index in [2.05, 4.69) is 0 Å². The van der Waals surface area contributed by atoms with E-state index < -0.39 is 24.3 Å². The molecule has 0 saturated heterocycles. The van der Waals surface area contributed by atoms with Gasteiger partial charge >= 0.3 is 11.9 Å². The van der Waals surface area contributed by atoms with Crippen molar-refractivity contribution in [3.63, 3.8) is 0 Å². The van der Waals surface area contributed by atoms with Gasteiger partial charge in [0.05, 0.1) is 12.3 Å². The largest absolute Gasteiger partial charge is 0.481 e. The third kappa shape index (κ3) is 3.82. The Kier molecular flexibility index (Phi) is 4.73. The van der Waals surface area contributed by atoms with Crippen LogP contribution in [-0.4, -0.2) is 28.4 Å². The summed E-state index contributed by atoms with van der Waals surface area (Å²) in [5.74, 6) is -2.47. The Morgan fingerprint density at radius 2 is 1.77 bits per heavy atom. The fourth-order valence-electron chi connectivity index (χ4n) is 2.12. The van der Waals surface area contributed by atoms with Crippen molar-refractivity contribution < 1.29 is 29.0 Å². The fraction of sp³-hybridized carbons (Fsp3) is 0.188. The van der Waals surface area contributed by atoms with E-state index in [1.165, 1.54) is 0 Å². The van der Waals surface area contributed by atoms with E-state index in [9.17, 15) is 14.4 Å². The average Bonchev–Trinajstić information content (AvgIpc) is 2.95. The minimum absolute atomic E-state index is 0.139. The Balaban J connectivity index is 2.12. The first-order valence-corrected chi connectivity index (χ1v) is 6.58. The number of aldehydes is 1. The highest BCUT2D eigenvalue weighted by molar-refractivity contribution is 5.78. The predicted molar refractivity (Wildman–Crippen MR) is 76.6 cm³/mol. The number of carbonyl (C=O) groups is 3. The molecule has 0 saturated carbocycles. The van der Waals surface area contributed by atoms with Crippen molar-refractivity contribution in [2.24, 2.45) is 5.92 Å². The number of aliphatic carboxylic acids is 2. The van der Waals surface area contributed by atoms with Crippen LogP contribution in [0.25, 0.3) is 11.3 Å². The zero-order valence-corrected chi connectivity index (χ0v) is 11.6. The molecule has 2 N–H and O–H groups in total. The third-order valence-electron chi connectivity index (χ3n) is 3.23. The van der Waals surface area contributed by atoms with Crippen molar-refractivity contribution >= 4 is 18.2 Å². The molecule has 2 aromatic rings. The molecule has 1 atom stereocenters. The summed E-state index contributed by atoms with van der Waals surface area (Å²) in [5, 5.41) is 17.8. The van der Waals surface area contributed by atoms with Crippen LogP contribution in [0, 0.1) is 5.92 Å². The molecule has 0 aliphatic heterocycles. The van der Waals surface area contributed by atoms with Crippen LogP contribution in [0.5, 0.6) is 0 Å². The van der Waals surface area contributed by atoms with Crippen molar-refractivity contribution in [1.29, 1.82) is 0 Å². The normalized spacial score (nSPS) is 11.8. The molecule has 0 radical (unpaired) electrons. The topological polar surface area (TPSA) is 105 Å². The predicted octanol–water partition coefficient (Wildman–Crippen LogP) is 2.48. The number of benzene rings is 1. The number of carbonyl (C=O) groups excluding carboxylic acids is 1. The summed E-state index contributed by atoms with van der Waals surface area (Å²) < 4.78 is 5.29. The van der Waals surface area contributed by atoms with Gasteiger partial charge in [0.15, 0.2) is 12.0 Å². The minimum atomic E-state index is -1.14. The Morgan fingerprint density at radius 1 is 1.09 bits per heavy atom. The van der Waals surface area contributed by atoms with Gasteiger partial charge < -0.3 is 14.6 Å². The highest BCUT2D eigenvalue weighted by atomic mass is 16.4. The lowest BCUT2D eigenvalue weighted by Crippen LogP contribution is -2.20. The summed E-state index contributed by atoms with van der Waals surface area (Å²) in [6.07, 6.45) is 0.332. The van der Waals surface area contributed by atoms with Crippen molar-refractivity contribution in [2.45, 2.75) is 12.8 Å². The summed E-state index contributed by atoms with van der Waals surface area (Å²) >= 11 is 0. The van der Waals surface area contributed by atoms with E-state index in [-0.39, 0.29) is 12.2 Å². The molecule has 1 unspecified atom stereocenters. The quantitative estimate of drug-likeness (QED) is 0.761. The van der Waals surface area contributed by atoms with E-state index in [1.807, 2.05) is 0 Å². The van der Waals surface area contributed by atoms with Crippen LogP contribution < -0.4 is 0 Å². The molecule has 0 bridgehead atoms. The molecule has 0 aliphatic carbocycles. The fourth-order valence-corrected chi connectivity index (χ4v) is 2.12. The molecular formula is C16H14O6. The number of furan rings is 1. The van der Waals surface area contributed by atoms with E-state index in [0.29, 0.717) is 12.0 Å². The second-order valence-electron chi connectivity index (χ2n) is 4.85. The zero-order chi connectivity index (χ0) is 16.1. The summed E-state index contributed by atoms with van der Waals surface area (Å²) in [5.41, 5.74) is 1.47. The lowest BCUT2D eigenvalue weighted by Gasteiger charge is -2.10. The molecular weight excluding hydrogens is 288 g/mol. The smallest absolute Gasteiger partial charge is 0.307 e. The van der Waals surface area contributed by atoms with Crippen LogP contribution in [0.2, 0.25) is 0 Å². The Hall–Kier alpha value is -2.89. The highest BCUT2D eigenvalue weighted by Crippen LogP contribution is 2.23. The van der Waals surface area contributed by atoms with Gasteiger partial charge in [-0.05, 0) is 24.1 Å². The Bertz CT molecular complexity index is 683. The molecule has 2 rings (SSSR count). The number of carboxylic acid groups (broad SMARTS) is 2. The molecule has 22 heavy (non-hydrogen) atoms. The van der Waals surface area contributed by atoms with Crippen LogP contribution in [-0.2, 0) is 16.0 Å². The van der Waals surface area contributed by atoms with Crippen LogP contribution in [0.3, 0.4) is 0 Å². The molecule has 1 heterocycles. The maximum atomic E-state index is 11.1. The number of hydrogen-bond donors (Lipinski definition) is 2. The van der Waals surface area contributed by atoms with Gasteiger partial charge in [-0.2, -0.15) is 0 Å². The SMILES string of the molecule is O=Cc1ccc(-c2ccc(CC(CC(=O)O)C(=O)O)cc2)o1. The third-order valence-corrected chi connectivity index (χ3v) is 3.23. The Labute approximate surface area is 126 Å². The molecule has 1 aromatic heterocycles. The first kappa shape index (κ1) is 15.5. The second-order valence-corrected chi connectivity index (χ2v) is 4.85. The van der Waals surface area contributed by atoms with Gasteiger partial charge in [-0.3, -0.25) is 14.4 Å². The van der Waals surface area contributed by atoms with Gasteiger partial charge in [0.25, 0.3) is 0 Å². The van der Waals surface area contributed by atoms with E-state index in [1.54, 1.807) is 36.4 Å². The van der Waals surface area contributed by atoms with Crippen LogP contribution in [0.15, 0.2) is 40.8 Å². The van der Waals surface area contributed by atoms with Gasteiger partial charge in [-0.25, -0.2) is 0 Å². The van der Waals surface area contributed by atoms with Gasteiger partial charge in [-0.15, -0.1) is 0 Å². The van der Waals surface area contributed by atoms with Gasteiger partial charge in [-0.1, -0.05) is 24.3 Å². The first-order chi connectivity index (χ1) is 10.5. The maximum absolute atomic E-state index is 11.1. The molecule has 6 heteroatoms. The number of hydrogen-bond acceptors (Lipinski definition) is 4. The zero-order valence-electron chi connectivity index (χ0n) is 11.6. The summed E-state index contributed by atoms with van der Waals surface area (Å²) in [7, 11) is 0. The van der Waals surface area contributed by atoms with Crippen LogP contribution in [0.4, 0.5) is 0 Å². The van der Waals surface area contributed by atoms with Gasteiger partial charge in [0, 0.05) is 5.56 Å². The minimum Gasteiger partial charge on any atom is -0.481 e. The molecule has 0 fully saturated rings. The molecule has 6 nitrogen and oxygen atoms in total. The first-order valence-electron chi connectivity index (χ1n) is 6.58. The van der Waals surface area contributed by atoms with Crippen LogP contribution in [0.1, 0.15) is 22.5 Å². The summed E-state index contributed by atoms with van der Waals surface area (Å²) in [6, 6.07) is 10.1. The van der Waals surface area contributed by atoms with Gasteiger partial charge in [0.1, 0.15) is 5.76 Å². The van der Waals surface area contributed by atoms with E-state index in [4.69, 9.17) is 14.6 Å². The molecule has 1 aromatic carbocycles. The second kappa shape index (κ2) is 6.71. The number of carboxylic acids is 2. The Morgan fingerprint density at radius 3 is 2.27 bits per heavy atom. The summed E-state index contributed by atoms with van der Waals surface area (Å²) in [4.78, 5) is 32.3. The van der Waals surface area contributed by atoms with Crippen molar-refractivity contribution in [2.75, 3.05) is 0 Å². The molecule has 0 amide bonds. The van der Waals surface area contributed by atoms with Crippen LogP contribution >= 0.6 is 0 Å². The van der Waals surface area contributed by atoms with Crippen molar-refractivity contribution in [3.05, 3.63) is 47.7 Å².